The predicted octanol–water partition coefficient (Wildman–Crippen LogP) is 3.32. The monoisotopic (exact) mass is 287 g/mol. The average molecular weight is 287 g/mol. The van der Waals surface area contributed by atoms with Gasteiger partial charge in [0.2, 0.25) is 0 Å². The normalized spacial score (nSPS) is 9.86. The highest BCUT2D eigenvalue weighted by atomic mass is 16.5. The number of nitrogens with zero attached hydrogens (tertiary/aromatic N) is 1. The third-order valence-electron chi connectivity index (χ3n) is 2.81. The summed E-state index contributed by atoms with van der Waals surface area (Å²) >= 11 is 0. The van der Waals surface area contributed by atoms with E-state index >= 15 is 0 Å². The first-order valence-electron chi connectivity index (χ1n) is 6.35. The van der Waals surface area contributed by atoms with Crippen LogP contribution in [0.4, 0.5) is 22.0 Å². The van der Waals surface area contributed by atoms with Crippen LogP contribution in [0.15, 0.2) is 36.5 Å². The van der Waals surface area contributed by atoms with E-state index in [0.717, 1.165) is 22.7 Å². The largest absolute Gasteiger partial charge is 0.495 e. The Balaban J connectivity index is 2.13. The number of carbonyl (C=O) groups excluding carboxylic acids is 1. The molecule has 0 unspecified atom stereocenters. The number of hydrogen-bond donors (Lipinski definition) is 2. The molecule has 2 aromatic rings. The zero-order valence-electron chi connectivity index (χ0n) is 12.1. The Morgan fingerprint density at radius 2 is 2.00 bits per heavy atom. The lowest BCUT2D eigenvalue weighted by Gasteiger charge is -2.12. The van der Waals surface area contributed by atoms with E-state index in [1.165, 1.54) is 7.11 Å². The van der Waals surface area contributed by atoms with Crippen LogP contribution in [0.2, 0.25) is 0 Å². The van der Waals surface area contributed by atoms with E-state index in [1.807, 2.05) is 25.1 Å². The second-order valence-electron chi connectivity index (χ2n) is 4.38. The molecule has 0 aliphatic rings. The molecule has 110 valence electrons. The molecule has 21 heavy (non-hydrogen) atoms. The quantitative estimate of drug-likeness (QED) is 0.902. The van der Waals surface area contributed by atoms with Crippen molar-refractivity contribution < 1.29 is 14.3 Å². The van der Waals surface area contributed by atoms with Gasteiger partial charge in [-0.3, -0.25) is 5.32 Å². The summed E-state index contributed by atoms with van der Waals surface area (Å²) < 4.78 is 9.81. The molecule has 6 nitrogen and oxygen atoms in total. The first-order chi connectivity index (χ1) is 10.1. The molecule has 0 bridgehead atoms. The lowest BCUT2D eigenvalue weighted by Crippen LogP contribution is -2.11. The number of hydrogen-bond acceptors (Lipinski definition) is 5. The molecule has 0 saturated heterocycles. The Morgan fingerprint density at radius 3 is 2.62 bits per heavy atom. The third-order valence-corrected chi connectivity index (χ3v) is 2.81. The minimum Gasteiger partial charge on any atom is -0.495 e. The second kappa shape index (κ2) is 6.60. The standard InChI is InChI=1S/C15H17N3O3/c1-10-4-6-13(20-2)12(8-10)17-11-5-7-14(16-9-11)18-15(19)21-3/h4-9,17H,1-3H3,(H,16,18,19). The van der Waals surface area contributed by atoms with Gasteiger partial charge < -0.3 is 14.8 Å². The molecule has 0 saturated carbocycles. The average Bonchev–Trinajstić information content (AvgIpc) is 2.49. The summed E-state index contributed by atoms with van der Waals surface area (Å²) in [6.07, 6.45) is 1.07. The molecule has 1 heterocycles. The van der Waals surface area contributed by atoms with Crippen LogP contribution < -0.4 is 15.4 Å². The molecule has 0 aliphatic heterocycles. The summed E-state index contributed by atoms with van der Waals surface area (Å²) in [4.78, 5) is 15.2. The van der Waals surface area contributed by atoms with Gasteiger partial charge >= 0.3 is 6.09 Å². The summed E-state index contributed by atoms with van der Waals surface area (Å²) in [5.74, 6) is 1.17. The van der Waals surface area contributed by atoms with Crippen molar-refractivity contribution in [3.8, 4) is 5.75 Å². The van der Waals surface area contributed by atoms with Crippen molar-refractivity contribution in [2.24, 2.45) is 0 Å². The SMILES string of the molecule is COC(=O)Nc1ccc(Nc2cc(C)ccc2OC)cn1. The van der Waals surface area contributed by atoms with E-state index in [0.29, 0.717) is 5.82 Å². The fourth-order valence-electron chi connectivity index (χ4n) is 1.77. The molecule has 1 aromatic heterocycles. The zero-order valence-corrected chi connectivity index (χ0v) is 12.1. The van der Waals surface area contributed by atoms with Crippen LogP contribution in [-0.4, -0.2) is 25.3 Å². The van der Waals surface area contributed by atoms with Crippen molar-refractivity contribution in [2.45, 2.75) is 6.92 Å². The van der Waals surface area contributed by atoms with Crippen molar-refractivity contribution >= 4 is 23.3 Å². The molecule has 1 amide bonds. The van der Waals surface area contributed by atoms with Gasteiger partial charge in [-0.25, -0.2) is 9.78 Å². The van der Waals surface area contributed by atoms with E-state index in [9.17, 15) is 4.79 Å². The Labute approximate surface area is 123 Å². The van der Waals surface area contributed by atoms with Crippen LogP contribution in [0.3, 0.4) is 0 Å². The van der Waals surface area contributed by atoms with E-state index in [1.54, 1.807) is 25.4 Å². The maximum atomic E-state index is 11.1. The van der Waals surface area contributed by atoms with Crippen LogP contribution in [-0.2, 0) is 4.74 Å². The molecule has 0 radical (unpaired) electrons. The van der Waals surface area contributed by atoms with Gasteiger partial charge in [0.05, 0.1) is 31.8 Å². The van der Waals surface area contributed by atoms with Crippen LogP contribution in [0.25, 0.3) is 0 Å². The number of amides is 1. The van der Waals surface area contributed by atoms with Gasteiger partial charge in [-0.2, -0.15) is 0 Å². The van der Waals surface area contributed by atoms with E-state index in [2.05, 4.69) is 20.4 Å². The molecule has 0 fully saturated rings. The summed E-state index contributed by atoms with van der Waals surface area (Å²) in [5.41, 5.74) is 2.76. The fraction of sp³-hybridized carbons (Fsp3) is 0.200. The number of methoxy groups -OCH3 is 2. The number of pyridine rings is 1. The van der Waals surface area contributed by atoms with E-state index in [4.69, 9.17) is 4.74 Å². The van der Waals surface area contributed by atoms with Crippen molar-refractivity contribution in [1.82, 2.24) is 4.98 Å². The number of nitrogens with one attached hydrogen (secondary N) is 2. The molecule has 1 aromatic carbocycles. The van der Waals surface area contributed by atoms with Gasteiger partial charge in [-0.15, -0.1) is 0 Å². The molecule has 0 spiro atoms. The highest BCUT2D eigenvalue weighted by molar-refractivity contribution is 5.83. The number of anilines is 3. The maximum absolute atomic E-state index is 11.1. The lowest BCUT2D eigenvalue weighted by atomic mass is 10.2. The third kappa shape index (κ3) is 3.85. The van der Waals surface area contributed by atoms with Gasteiger partial charge in [-0.05, 0) is 36.8 Å². The Kier molecular flexibility index (Phi) is 4.61. The maximum Gasteiger partial charge on any atom is 0.412 e. The smallest absolute Gasteiger partial charge is 0.412 e. The van der Waals surface area contributed by atoms with Gasteiger partial charge in [0.15, 0.2) is 0 Å². The van der Waals surface area contributed by atoms with Crippen molar-refractivity contribution in [3.05, 3.63) is 42.1 Å². The molecular formula is C15H17N3O3. The molecule has 0 atom stereocenters. The molecule has 2 rings (SSSR count). The first-order valence-corrected chi connectivity index (χ1v) is 6.35. The summed E-state index contributed by atoms with van der Waals surface area (Å²) in [7, 11) is 2.92. The number of carbonyl (C=O) groups is 1. The molecule has 2 N–H and O–H groups in total. The van der Waals surface area contributed by atoms with E-state index in [-0.39, 0.29) is 0 Å². The number of ether oxygens (including phenoxy) is 2. The minimum absolute atomic E-state index is 0.420. The van der Waals surface area contributed by atoms with Crippen molar-refractivity contribution in [1.29, 1.82) is 0 Å². The van der Waals surface area contributed by atoms with Gasteiger partial charge in [0.25, 0.3) is 0 Å². The molecule has 0 aliphatic carbocycles. The van der Waals surface area contributed by atoms with Crippen LogP contribution in [0.1, 0.15) is 5.56 Å². The second-order valence-corrected chi connectivity index (χ2v) is 4.38. The van der Waals surface area contributed by atoms with Crippen LogP contribution in [0.5, 0.6) is 5.75 Å². The zero-order chi connectivity index (χ0) is 15.2. The lowest BCUT2D eigenvalue weighted by molar-refractivity contribution is 0.187. The highest BCUT2D eigenvalue weighted by Gasteiger charge is 2.05. The van der Waals surface area contributed by atoms with Gasteiger partial charge in [0.1, 0.15) is 11.6 Å². The number of rotatable bonds is 4. The number of aromatic nitrogens is 1. The fourth-order valence-corrected chi connectivity index (χ4v) is 1.77. The summed E-state index contributed by atoms with van der Waals surface area (Å²) in [6.45, 7) is 2.01. The van der Waals surface area contributed by atoms with Crippen LogP contribution >= 0.6 is 0 Å². The molecular weight excluding hydrogens is 270 g/mol. The van der Waals surface area contributed by atoms with E-state index < -0.39 is 6.09 Å². The highest BCUT2D eigenvalue weighted by Crippen LogP contribution is 2.28. The predicted molar refractivity (Wildman–Crippen MR) is 81.3 cm³/mol. The van der Waals surface area contributed by atoms with Crippen molar-refractivity contribution in [3.63, 3.8) is 0 Å². The minimum atomic E-state index is -0.552. The number of aryl methyl sites for hydroxylation is 1. The van der Waals surface area contributed by atoms with Gasteiger partial charge in [0, 0.05) is 0 Å². The number of benzene rings is 1. The topological polar surface area (TPSA) is 72.5 Å². The summed E-state index contributed by atoms with van der Waals surface area (Å²) in [5, 5.41) is 5.72. The Bertz CT molecular complexity index is 627. The van der Waals surface area contributed by atoms with Gasteiger partial charge in [-0.1, -0.05) is 6.07 Å². The Morgan fingerprint density at radius 1 is 1.19 bits per heavy atom. The molecule has 6 heteroatoms. The summed E-state index contributed by atoms with van der Waals surface area (Å²) in [6, 6.07) is 9.35. The Hall–Kier alpha value is -2.76. The van der Waals surface area contributed by atoms with Crippen molar-refractivity contribution in [2.75, 3.05) is 24.9 Å². The first kappa shape index (κ1) is 14.6. The van der Waals surface area contributed by atoms with Crippen LogP contribution in [0, 0.1) is 6.92 Å².